The molecule has 0 aliphatic heterocycles. The molecule has 2 aromatic rings. The first kappa shape index (κ1) is 21.5. The fourth-order valence-electron chi connectivity index (χ4n) is 2.75. The van der Waals surface area contributed by atoms with E-state index in [4.69, 9.17) is 21.1 Å². The van der Waals surface area contributed by atoms with Crippen LogP contribution in [0.4, 0.5) is 0 Å². The average Bonchev–Trinajstić information content (AvgIpc) is 2.95. The number of carbonyl (C=O) groups excluding carboxylic acids is 3. The van der Waals surface area contributed by atoms with Crippen molar-refractivity contribution in [1.29, 1.82) is 0 Å². The van der Waals surface area contributed by atoms with Crippen LogP contribution in [0.5, 0.6) is 5.75 Å². The molecule has 0 unspecified atom stereocenters. The molecule has 28 heavy (non-hydrogen) atoms. The van der Waals surface area contributed by atoms with Crippen LogP contribution < -0.4 is 4.74 Å². The fraction of sp³-hybridized carbons (Fsp3) is 0.350. The molecule has 0 spiro atoms. The molecule has 1 aromatic heterocycles. The van der Waals surface area contributed by atoms with Gasteiger partial charge in [0.2, 0.25) is 0 Å². The normalized spacial score (nSPS) is 10.5. The third-order valence-corrected chi connectivity index (χ3v) is 4.51. The number of aromatic amines is 1. The van der Waals surface area contributed by atoms with E-state index in [0.717, 1.165) is 0 Å². The number of likely N-dealkylation sites (N-methyl/N-ethyl adjacent to an activating group) is 1. The largest absolute Gasteiger partial charge is 0.492 e. The Bertz CT molecular complexity index is 873. The van der Waals surface area contributed by atoms with Crippen molar-refractivity contribution in [1.82, 2.24) is 9.88 Å². The molecule has 0 aliphatic rings. The van der Waals surface area contributed by atoms with Crippen LogP contribution in [0.25, 0.3) is 0 Å². The highest BCUT2D eigenvalue weighted by Gasteiger charge is 2.22. The van der Waals surface area contributed by atoms with Gasteiger partial charge in [-0.05, 0) is 50.6 Å². The molecule has 0 saturated heterocycles. The van der Waals surface area contributed by atoms with E-state index in [-0.39, 0.29) is 24.0 Å². The Morgan fingerprint density at radius 3 is 2.36 bits per heavy atom. The highest BCUT2D eigenvalue weighted by molar-refractivity contribution is 6.30. The predicted octanol–water partition coefficient (Wildman–Crippen LogP) is 3.18. The number of rotatable bonds is 8. The van der Waals surface area contributed by atoms with Crippen LogP contribution in [-0.2, 0) is 9.53 Å². The molecule has 0 saturated carbocycles. The summed E-state index contributed by atoms with van der Waals surface area (Å²) < 4.78 is 10.6. The second-order valence-corrected chi connectivity index (χ2v) is 6.81. The molecule has 1 N–H and O–H groups in total. The van der Waals surface area contributed by atoms with E-state index in [1.165, 1.54) is 11.8 Å². The van der Waals surface area contributed by atoms with Crippen molar-refractivity contribution in [3.8, 4) is 5.75 Å². The lowest BCUT2D eigenvalue weighted by atomic mass is 10.1. The number of hydrogen-bond acceptors (Lipinski definition) is 5. The summed E-state index contributed by atoms with van der Waals surface area (Å²) in [6, 6.07) is 6.91. The molecule has 1 heterocycles. The number of H-pyrrole nitrogens is 1. The topological polar surface area (TPSA) is 88.7 Å². The Hall–Kier alpha value is -2.80. The van der Waals surface area contributed by atoms with Gasteiger partial charge in [-0.3, -0.25) is 9.59 Å². The number of halogens is 1. The van der Waals surface area contributed by atoms with Gasteiger partial charge >= 0.3 is 5.97 Å². The monoisotopic (exact) mass is 406 g/mol. The predicted molar refractivity (Wildman–Crippen MR) is 105 cm³/mol. The van der Waals surface area contributed by atoms with Gasteiger partial charge in [0, 0.05) is 23.3 Å². The zero-order valence-electron chi connectivity index (χ0n) is 16.3. The number of nitrogens with one attached hydrogen (secondary N) is 1. The number of Topliss-reactive ketones (excluding diaryl/α,β-unsaturated/α-hetero) is 1. The van der Waals surface area contributed by atoms with Crippen molar-refractivity contribution in [3.63, 3.8) is 0 Å². The maximum Gasteiger partial charge on any atom is 0.355 e. The summed E-state index contributed by atoms with van der Waals surface area (Å²) in [7, 11) is 1.60. The first-order chi connectivity index (χ1) is 13.2. The summed E-state index contributed by atoms with van der Waals surface area (Å²) in [6.07, 6.45) is 0. The average molecular weight is 407 g/mol. The minimum atomic E-state index is -0.674. The number of ether oxygens (including phenoxy) is 2. The molecule has 0 aliphatic carbocycles. The summed E-state index contributed by atoms with van der Waals surface area (Å²) in [5.41, 5.74) is 1.77. The summed E-state index contributed by atoms with van der Waals surface area (Å²) in [5, 5.41) is 0.615. The smallest absolute Gasteiger partial charge is 0.355 e. The van der Waals surface area contributed by atoms with Crippen LogP contribution in [0.2, 0.25) is 5.02 Å². The van der Waals surface area contributed by atoms with E-state index < -0.39 is 12.6 Å². The summed E-state index contributed by atoms with van der Waals surface area (Å²) in [5.74, 6) is -0.523. The van der Waals surface area contributed by atoms with E-state index in [9.17, 15) is 14.4 Å². The van der Waals surface area contributed by atoms with Gasteiger partial charge in [0.15, 0.2) is 12.4 Å². The van der Waals surface area contributed by atoms with E-state index >= 15 is 0 Å². The van der Waals surface area contributed by atoms with Crippen molar-refractivity contribution < 1.29 is 23.9 Å². The van der Waals surface area contributed by atoms with Gasteiger partial charge < -0.3 is 19.4 Å². The summed E-state index contributed by atoms with van der Waals surface area (Å²) in [6.45, 7) is 5.02. The highest BCUT2D eigenvalue weighted by atomic mass is 35.5. The number of aryl methyl sites for hydroxylation is 1. The van der Waals surface area contributed by atoms with E-state index in [2.05, 4.69) is 4.98 Å². The number of carbonyl (C=O) groups is 3. The van der Waals surface area contributed by atoms with Crippen LogP contribution in [0.1, 0.15) is 39.0 Å². The Labute approximate surface area is 168 Å². The Balaban J connectivity index is 1.82. The van der Waals surface area contributed by atoms with Crippen LogP contribution >= 0.6 is 11.6 Å². The number of ketones is 1. The van der Waals surface area contributed by atoms with E-state index in [0.29, 0.717) is 34.1 Å². The van der Waals surface area contributed by atoms with E-state index in [1.54, 1.807) is 45.2 Å². The number of aromatic nitrogens is 1. The van der Waals surface area contributed by atoms with Crippen LogP contribution in [0.3, 0.4) is 0 Å². The minimum absolute atomic E-state index is 0.137. The van der Waals surface area contributed by atoms with Crippen molar-refractivity contribution in [2.45, 2.75) is 20.8 Å². The van der Waals surface area contributed by atoms with Crippen LogP contribution in [-0.4, -0.2) is 54.3 Å². The lowest BCUT2D eigenvalue weighted by molar-refractivity contribution is -0.133. The van der Waals surface area contributed by atoms with Gasteiger partial charge in [-0.15, -0.1) is 0 Å². The van der Waals surface area contributed by atoms with Crippen molar-refractivity contribution in [3.05, 3.63) is 51.8 Å². The molecule has 1 aromatic carbocycles. The second kappa shape index (κ2) is 9.41. The molecule has 8 heteroatoms. The third kappa shape index (κ3) is 5.36. The van der Waals surface area contributed by atoms with Gasteiger partial charge in [0.05, 0.1) is 6.54 Å². The maximum atomic E-state index is 12.2. The molecule has 0 fully saturated rings. The Morgan fingerprint density at radius 2 is 1.79 bits per heavy atom. The lowest BCUT2D eigenvalue weighted by Crippen LogP contribution is -2.34. The molecule has 0 atom stereocenters. The first-order valence-electron chi connectivity index (χ1n) is 8.70. The van der Waals surface area contributed by atoms with Gasteiger partial charge in [-0.25, -0.2) is 4.79 Å². The highest BCUT2D eigenvalue weighted by Crippen LogP contribution is 2.19. The maximum absolute atomic E-state index is 12.2. The molecule has 0 bridgehead atoms. The first-order valence-corrected chi connectivity index (χ1v) is 9.08. The fourth-order valence-corrected chi connectivity index (χ4v) is 2.87. The molecular formula is C20H23ClN2O5. The molecule has 2 rings (SSSR count). The number of esters is 1. The molecule has 0 radical (unpaired) electrons. The number of amides is 1. The molecule has 1 amide bonds. The van der Waals surface area contributed by atoms with Crippen LogP contribution in [0, 0.1) is 13.8 Å². The number of nitrogens with zero attached hydrogens (tertiary/aromatic N) is 1. The van der Waals surface area contributed by atoms with Gasteiger partial charge in [-0.1, -0.05) is 11.6 Å². The van der Waals surface area contributed by atoms with Crippen molar-refractivity contribution in [2.75, 3.05) is 26.8 Å². The van der Waals surface area contributed by atoms with Crippen molar-refractivity contribution in [2.24, 2.45) is 0 Å². The zero-order chi connectivity index (χ0) is 20.8. The molecule has 7 nitrogen and oxygen atoms in total. The van der Waals surface area contributed by atoms with Crippen molar-refractivity contribution >= 4 is 29.3 Å². The standard InChI is InChI=1S/C20H23ClN2O5/c1-12-18(14(3)24)13(2)22-19(12)20(26)28-11-17(25)23(4)9-10-27-16-7-5-15(21)6-8-16/h5-8,22H,9-11H2,1-4H3. The minimum Gasteiger partial charge on any atom is -0.492 e. The summed E-state index contributed by atoms with van der Waals surface area (Å²) >= 11 is 5.81. The SMILES string of the molecule is CC(=O)c1c(C)[nH]c(C(=O)OCC(=O)N(C)CCOc2ccc(Cl)cc2)c1C. The quantitative estimate of drug-likeness (QED) is 0.537. The third-order valence-electron chi connectivity index (χ3n) is 4.26. The van der Waals surface area contributed by atoms with E-state index in [1.807, 2.05) is 0 Å². The second-order valence-electron chi connectivity index (χ2n) is 6.37. The molecule has 150 valence electrons. The number of hydrogen-bond donors (Lipinski definition) is 1. The Morgan fingerprint density at radius 1 is 1.14 bits per heavy atom. The van der Waals surface area contributed by atoms with Gasteiger partial charge in [0.25, 0.3) is 5.91 Å². The van der Waals surface area contributed by atoms with Crippen LogP contribution in [0.15, 0.2) is 24.3 Å². The Kier molecular flexibility index (Phi) is 7.23. The summed E-state index contributed by atoms with van der Waals surface area (Å²) in [4.78, 5) is 40.3. The van der Waals surface area contributed by atoms with Gasteiger partial charge in [-0.2, -0.15) is 0 Å². The molecular weight excluding hydrogens is 384 g/mol. The lowest BCUT2D eigenvalue weighted by Gasteiger charge is -2.17. The number of benzene rings is 1. The van der Waals surface area contributed by atoms with Gasteiger partial charge in [0.1, 0.15) is 18.1 Å². The zero-order valence-corrected chi connectivity index (χ0v) is 17.1.